The fourth-order valence-electron chi connectivity index (χ4n) is 4.38. The first-order chi connectivity index (χ1) is 13.4. The molecule has 2 aliphatic rings. The number of likely N-dealkylation sites (tertiary alicyclic amines) is 1. The molecule has 5 nitrogen and oxygen atoms in total. The van der Waals surface area contributed by atoms with E-state index in [0.29, 0.717) is 35.1 Å². The van der Waals surface area contributed by atoms with E-state index >= 15 is 0 Å². The summed E-state index contributed by atoms with van der Waals surface area (Å²) in [6, 6.07) is 10.7. The summed E-state index contributed by atoms with van der Waals surface area (Å²) in [6.07, 6.45) is 2.95. The summed E-state index contributed by atoms with van der Waals surface area (Å²) in [5, 5.41) is 10.0. The number of aryl methyl sites for hydroxylation is 1. The lowest BCUT2D eigenvalue weighted by atomic mass is 9.70. The molecule has 7 heteroatoms. The summed E-state index contributed by atoms with van der Waals surface area (Å²) < 4.78 is 0. The Kier molecular flexibility index (Phi) is 5.08. The molecular formula is C21H20Cl2N2O3. The van der Waals surface area contributed by atoms with Gasteiger partial charge in [-0.15, -0.1) is 0 Å². The van der Waals surface area contributed by atoms with E-state index in [-0.39, 0.29) is 5.91 Å². The van der Waals surface area contributed by atoms with Crippen molar-refractivity contribution in [2.75, 3.05) is 6.54 Å². The third-order valence-electron chi connectivity index (χ3n) is 5.98. The number of carbonyl (C=O) groups is 2. The Bertz CT molecular complexity index is 942. The van der Waals surface area contributed by atoms with Gasteiger partial charge in [0.25, 0.3) is 5.91 Å². The van der Waals surface area contributed by atoms with Gasteiger partial charge in [-0.25, -0.2) is 5.48 Å². The Morgan fingerprint density at radius 3 is 2.61 bits per heavy atom. The first kappa shape index (κ1) is 19.2. The van der Waals surface area contributed by atoms with Crippen molar-refractivity contribution in [1.29, 1.82) is 0 Å². The lowest BCUT2D eigenvalue weighted by molar-refractivity contribution is -0.137. The van der Waals surface area contributed by atoms with Crippen molar-refractivity contribution < 1.29 is 14.8 Å². The molecule has 146 valence electrons. The van der Waals surface area contributed by atoms with Crippen molar-refractivity contribution in [3.8, 4) is 0 Å². The number of amides is 2. The quantitative estimate of drug-likeness (QED) is 0.583. The third-order valence-corrected chi connectivity index (χ3v) is 6.69. The van der Waals surface area contributed by atoms with E-state index in [4.69, 9.17) is 28.4 Å². The fraction of sp³-hybridized carbons (Fsp3) is 0.333. The van der Waals surface area contributed by atoms with E-state index in [2.05, 4.69) is 0 Å². The lowest BCUT2D eigenvalue weighted by Gasteiger charge is -2.33. The molecule has 0 bridgehead atoms. The third kappa shape index (κ3) is 3.28. The lowest BCUT2D eigenvalue weighted by Crippen LogP contribution is -2.38. The topological polar surface area (TPSA) is 69.6 Å². The Hall–Kier alpha value is -2.08. The summed E-state index contributed by atoms with van der Waals surface area (Å²) >= 11 is 12.6. The van der Waals surface area contributed by atoms with Crippen LogP contribution in [0.3, 0.4) is 0 Å². The maximum Gasteiger partial charge on any atom is 0.274 e. The monoisotopic (exact) mass is 418 g/mol. The Morgan fingerprint density at radius 1 is 1.14 bits per heavy atom. The van der Waals surface area contributed by atoms with Gasteiger partial charge in [0.1, 0.15) is 0 Å². The van der Waals surface area contributed by atoms with Gasteiger partial charge in [-0.1, -0.05) is 35.3 Å². The van der Waals surface area contributed by atoms with Crippen LogP contribution in [0.4, 0.5) is 0 Å². The van der Waals surface area contributed by atoms with E-state index in [1.165, 1.54) is 0 Å². The van der Waals surface area contributed by atoms with Gasteiger partial charge < -0.3 is 4.90 Å². The predicted octanol–water partition coefficient (Wildman–Crippen LogP) is 4.02. The van der Waals surface area contributed by atoms with Crippen LogP contribution in [-0.4, -0.2) is 28.5 Å². The standard InChI is InChI=1S/C21H20Cl2N2O3/c22-17-2-1-3-18(23)16(17)12-25-9-8-21(20(25)27)7-6-13-4-5-14(19(26)24-28)10-15(13)11-21/h1-5,10,28H,6-9,11-12H2,(H,24,26)/t21-/m1/s1. The van der Waals surface area contributed by atoms with Gasteiger partial charge in [0.15, 0.2) is 0 Å². The van der Waals surface area contributed by atoms with E-state index < -0.39 is 11.3 Å². The second kappa shape index (κ2) is 7.39. The average molecular weight is 419 g/mol. The maximum atomic E-state index is 13.3. The first-order valence-electron chi connectivity index (χ1n) is 9.22. The molecule has 28 heavy (non-hydrogen) atoms. The van der Waals surface area contributed by atoms with Gasteiger partial charge in [0.2, 0.25) is 5.91 Å². The highest BCUT2D eigenvalue weighted by Crippen LogP contribution is 2.44. The number of nitrogens with zero attached hydrogens (tertiary/aromatic N) is 1. The van der Waals surface area contributed by atoms with E-state index in [9.17, 15) is 9.59 Å². The summed E-state index contributed by atoms with van der Waals surface area (Å²) in [7, 11) is 0. The molecule has 0 radical (unpaired) electrons. The molecule has 2 N–H and O–H groups in total. The van der Waals surface area contributed by atoms with Crippen molar-refractivity contribution in [1.82, 2.24) is 10.4 Å². The number of rotatable bonds is 3. The highest BCUT2D eigenvalue weighted by atomic mass is 35.5. The molecule has 0 saturated carbocycles. The molecule has 2 aromatic rings. The molecule has 1 heterocycles. The second-order valence-corrected chi connectivity index (χ2v) is 8.37. The Balaban J connectivity index is 1.57. The minimum Gasteiger partial charge on any atom is -0.338 e. The molecule has 0 unspecified atom stereocenters. The molecule has 1 spiro atoms. The summed E-state index contributed by atoms with van der Waals surface area (Å²) in [4.78, 5) is 26.9. The summed E-state index contributed by atoms with van der Waals surface area (Å²) in [5.41, 5.74) is 4.53. The second-order valence-electron chi connectivity index (χ2n) is 7.56. The van der Waals surface area contributed by atoms with Gasteiger partial charge in [0.05, 0.1) is 5.41 Å². The van der Waals surface area contributed by atoms with Gasteiger partial charge in [-0.05, 0) is 61.1 Å². The zero-order valence-electron chi connectivity index (χ0n) is 15.2. The van der Waals surface area contributed by atoms with Crippen LogP contribution >= 0.6 is 23.2 Å². The van der Waals surface area contributed by atoms with E-state index in [1.807, 2.05) is 11.0 Å². The molecule has 1 aliphatic carbocycles. The van der Waals surface area contributed by atoms with Crippen LogP contribution in [0.5, 0.6) is 0 Å². The number of hydrogen-bond donors (Lipinski definition) is 2. The summed E-state index contributed by atoms with van der Waals surface area (Å²) in [6.45, 7) is 1.06. The first-order valence-corrected chi connectivity index (χ1v) is 9.98. The average Bonchev–Trinajstić information content (AvgIpc) is 2.99. The van der Waals surface area contributed by atoms with E-state index in [0.717, 1.165) is 36.0 Å². The number of benzene rings is 2. The molecule has 4 rings (SSSR count). The number of halogens is 2. The number of nitrogens with one attached hydrogen (secondary N) is 1. The van der Waals surface area contributed by atoms with Crippen LogP contribution < -0.4 is 5.48 Å². The smallest absolute Gasteiger partial charge is 0.274 e. The normalized spacial score (nSPS) is 21.1. The SMILES string of the molecule is O=C(NO)c1ccc2c(c1)C[C@@]1(CC2)CCN(Cc2c(Cl)cccc2Cl)C1=O. The minimum atomic E-state index is -0.546. The highest BCUT2D eigenvalue weighted by Gasteiger charge is 2.48. The Labute approximate surface area is 173 Å². The van der Waals surface area contributed by atoms with Crippen LogP contribution in [0.15, 0.2) is 36.4 Å². The predicted molar refractivity (Wildman–Crippen MR) is 107 cm³/mol. The number of carbonyl (C=O) groups excluding carboxylic acids is 2. The molecule has 1 aliphatic heterocycles. The van der Waals surface area contributed by atoms with Gasteiger partial charge >= 0.3 is 0 Å². The molecule has 0 aromatic heterocycles. The zero-order valence-corrected chi connectivity index (χ0v) is 16.7. The van der Waals surface area contributed by atoms with Crippen molar-refractivity contribution >= 4 is 35.0 Å². The highest BCUT2D eigenvalue weighted by molar-refractivity contribution is 6.36. The van der Waals surface area contributed by atoms with Crippen molar-refractivity contribution in [2.24, 2.45) is 5.41 Å². The van der Waals surface area contributed by atoms with Crippen molar-refractivity contribution in [3.05, 3.63) is 68.7 Å². The van der Waals surface area contributed by atoms with Gasteiger partial charge in [-0.3, -0.25) is 14.8 Å². The van der Waals surface area contributed by atoms with Crippen LogP contribution in [0.2, 0.25) is 10.0 Å². The van der Waals surface area contributed by atoms with Crippen LogP contribution in [-0.2, 0) is 24.2 Å². The molecule has 1 atom stereocenters. The largest absolute Gasteiger partial charge is 0.338 e. The molecule has 1 fully saturated rings. The van der Waals surface area contributed by atoms with Gasteiger partial charge in [0, 0.05) is 34.3 Å². The maximum absolute atomic E-state index is 13.3. The van der Waals surface area contributed by atoms with Crippen LogP contribution in [0, 0.1) is 5.41 Å². The van der Waals surface area contributed by atoms with Crippen molar-refractivity contribution in [2.45, 2.75) is 32.2 Å². The fourth-order valence-corrected chi connectivity index (χ4v) is 4.90. The molecule has 1 saturated heterocycles. The van der Waals surface area contributed by atoms with Crippen LogP contribution in [0.1, 0.15) is 39.9 Å². The number of hydroxylamine groups is 1. The molecule has 2 amide bonds. The number of fused-ring (bicyclic) bond motifs is 1. The number of hydrogen-bond acceptors (Lipinski definition) is 3. The van der Waals surface area contributed by atoms with Crippen molar-refractivity contribution in [3.63, 3.8) is 0 Å². The molecular weight excluding hydrogens is 399 g/mol. The molecule has 2 aromatic carbocycles. The summed E-state index contributed by atoms with van der Waals surface area (Å²) in [5.74, 6) is -0.429. The zero-order chi connectivity index (χ0) is 19.9. The van der Waals surface area contributed by atoms with Gasteiger partial charge in [-0.2, -0.15) is 0 Å². The Morgan fingerprint density at radius 2 is 1.89 bits per heavy atom. The van der Waals surface area contributed by atoms with E-state index in [1.54, 1.807) is 35.8 Å². The minimum absolute atomic E-state index is 0.117. The van der Waals surface area contributed by atoms with Crippen LogP contribution in [0.25, 0.3) is 0 Å².